The lowest BCUT2D eigenvalue weighted by molar-refractivity contribution is 0.599. The monoisotopic (exact) mass is 295 g/mol. The molecule has 20 heavy (non-hydrogen) atoms. The Bertz CT molecular complexity index is 586. The summed E-state index contributed by atoms with van der Waals surface area (Å²) < 4.78 is 26.4. The Morgan fingerprint density at radius 3 is 2.50 bits per heavy atom. The molecular weight excluding hydrogens is 280 g/mol. The van der Waals surface area contributed by atoms with Crippen LogP contribution in [0.15, 0.2) is 42.5 Å². The minimum absolute atomic E-state index is 0.0821. The molecule has 4 heteroatoms. The van der Waals surface area contributed by atoms with Crippen molar-refractivity contribution in [1.29, 1.82) is 0 Å². The first-order valence-electron chi connectivity index (χ1n) is 6.44. The van der Waals surface area contributed by atoms with Crippen LogP contribution in [0.5, 0.6) is 0 Å². The molecule has 0 heterocycles. The van der Waals surface area contributed by atoms with Gasteiger partial charge in [0.2, 0.25) is 0 Å². The largest absolute Gasteiger partial charge is 0.319 e. The predicted octanol–water partition coefficient (Wildman–Crippen LogP) is 4.16. The molecule has 2 aromatic carbocycles. The van der Waals surface area contributed by atoms with Gasteiger partial charge < -0.3 is 5.32 Å². The van der Waals surface area contributed by atoms with Crippen LogP contribution in [0.3, 0.4) is 0 Å². The molecule has 0 aromatic heterocycles. The standard InChI is InChI=1S/C16H16ClF2N/c1-20-10-13(11-3-2-4-14(18)8-11)7-12-5-6-15(19)9-16(12)17/h2-6,8-9,13,20H,7,10H2,1H3. The molecule has 0 aliphatic rings. The van der Waals surface area contributed by atoms with E-state index < -0.39 is 0 Å². The van der Waals surface area contributed by atoms with Gasteiger partial charge in [-0.1, -0.05) is 29.8 Å². The second-order valence-corrected chi connectivity index (χ2v) is 5.16. The highest BCUT2D eigenvalue weighted by molar-refractivity contribution is 6.31. The van der Waals surface area contributed by atoms with E-state index in [0.29, 0.717) is 18.0 Å². The highest BCUT2D eigenvalue weighted by Crippen LogP contribution is 2.26. The Balaban J connectivity index is 2.25. The third kappa shape index (κ3) is 3.78. The van der Waals surface area contributed by atoms with Gasteiger partial charge in [-0.2, -0.15) is 0 Å². The molecule has 2 aromatic rings. The molecule has 1 atom stereocenters. The minimum atomic E-state index is -0.352. The van der Waals surface area contributed by atoms with Crippen LogP contribution in [0.25, 0.3) is 0 Å². The van der Waals surface area contributed by atoms with Crippen LogP contribution in [-0.2, 0) is 6.42 Å². The smallest absolute Gasteiger partial charge is 0.124 e. The van der Waals surface area contributed by atoms with E-state index in [1.165, 1.54) is 24.3 Å². The van der Waals surface area contributed by atoms with Gasteiger partial charge in [0.15, 0.2) is 0 Å². The van der Waals surface area contributed by atoms with Crippen molar-refractivity contribution >= 4 is 11.6 Å². The van der Waals surface area contributed by atoms with Crippen molar-refractivity contribution in [3.63, 3.8) is 0 Å². The lowest BCUT2D eigenvalue weighted by Gasteiger charge is -2.18. The maximum Gasteiger partial charge on any atom is 0.124 e. The quantitative estimate of drug-likeness (QED) is 0.873. The summed E-state index contributed by atoms with van der Waals surface area (Å²) in [5.41, 5.74) is 1.76. The molecule has 1 nitrogen and oxygen atoms in total. The van der Waals surface area contributed by atoms with E-state index >= 15 is 0 Å². The first-order valence-corrected chi connectivity index (χ1v) is 6.82. The van der Waals surface area contributed by atoms with E-state index in [0.717, 1.165) is 11.1 Å². The fourth-order valence-corrected chi connectivity index (χ4v) is 2.51. The highest BCUT2D eigenvalue weighted by atomic mass is 35.5. The van der Waals surface area contributed by atoms with E-state index in [1.807, 2.05) is 13.1 Å². The van der Waals surface area contributed by atoms with Gasteiger partial charge in [-0.05, 0) is 48.9 Å². The number of likely N-dealkylation sites (N-methyl/N-ethyl adjacent to an activating group) is 1. The maximum absolute atomic E-state index is 13.3. The van der Waals surface area contributed by atoms with Crippen LogP contribution in [0, 0.1) is 11.6 Å². The number of benzene rings is 2. The van der Waals surface area contributed by atoms with E-state index in [2.05, 4.69) is 5.32 Å². The van der Waals surface area contributed by atoms with Crippen molar-refractivity contribution < 1.29 is 8.78 Å². The summed E-state index contributed by atoms with van der Waals surface area (Å²) in [4.78, 5) is 0. The van der Waals surface area contributed by atoms with Crippen molar-refractivity contribution in [2.75, 3.05) is 13.6 Å². The normalized spacial score (nSPS) is 12.4. The molecule has 1 unspecified atom stereocenters. The molecule has 0 radical (unpaired) electrons. The summed E-state index contributed by atoms with van der Waals surface area (Å²) in [6.45, 7) is 0.692. The van der Waals surface area contributed by atoms with E-state index in [4.69, 9.17) is 11.6 Å². The Morgan fingerprint density at radius 2 is 1.85 bits per heavy atom. The minimum Gasteiger partial charge on any atom is -0.319 e. The molecule has 0 fully saturated rings. The summed E-state index contributed by atoms with van der Waals surface area (Å²) in [5, 5.41) is 3.50. The van der Waals surface area contributed by atoms with Crippen LogP contribution in [-0.4, -0.2) is 13.6 Å². The molecule has 2 rings (SSSR count). The van der Waals surface area contributed by atoms with Crippen LogP contribution in [0.2, 0.25) is 5.02 Å². The fraction of sp³-hybridized carbons (Fsp3) is 0.250. The predicted molar refractivity (Wildman–Crippen MR) is 78.2 cm³/mol. The van der Waals surface area contributed by atoms with E-state index in [9.17, 15) is 8.78 Å². The molecule has 1 N–H and O–H groups in total. The van der Waals surface area contributed by atoms with Crippen LogP contribution in [0.1, 0.15) is 17.0 Å². The fourth-order valence-electron chi connectivity index (χ4n) is 2.27. The van der Waals surface area contributed by atoms with Crippen molar-refractivity contribution in [1.82, 2.24) is 5.32 Å². The van der Waals surface area contributed by atoms with Gasteiger partial charge in [-0.25, -0.2) is 8.78 Å². The molecule has 0 spiro atoms. The summed E-state index contributed by atoms with van der Waals surface area (Å²) in [7, 11) is 1.85. The average Bonchev–Trinajstić information content (AvgIpc) is 2.41. The van der Waals surface area contributed by atoms with Crippen LogP contribution >= 0.6 is 11.6 Å². The Labute approximate surface area is 122 Å². The van der Waals surface area contributed by atoms with Crippen molar-refractivity contribution in [3.8, 4) is 0 Å². The number of hydrogen-bond acceptors (Lipinski definition) is 1. The average molecular weight is 296 g/mol. The van der Waals surface area contributed by atoms with Gasteiger partial charge in [0.1, 0.15) is 11.6 Å². The van der Waals surface area contributed by atoms with Gasteiger partial charge in [-0.3, -0.25) is 0 Å². The zero-order chi connectivity index (χ0) is 14.5. The second kappa shape index (κ2) is 6.82. The highest BCUT2D eigenvalue weighted by Gasteiger charge is 2.14. The summed E-state index contributed by atoms with van der Waals surface area (Å²) in [6.07, 6.45) is 0.628. The lowest BCUT2D eigenvalue weighted by Crippen LogP contribution is -2.19. The van der Waals surface area contributed by atoms with Crippen molar-refractivity contribution in [3.05, 3.63) is 70.2 Å². The van der Waals surface area contributed by atoms with E-state index in [1.54, 1.807) is 12.1 Å². The molecule has 0 saturated heterocycles. The maximum atomic E-state index is 13.3. The van der Waals surface area contributed by atoms with Gasteiger partial charge in [0.25, 0.3) is 0 Å². The molecule has 0 saturated carbocycles. The molecule has 0 aliphatic heterocycles. The molecular formula is C16H16ClF2N. The summed E-state index contributed by atoms with van der Waals surface area (Å²) in [6, 6.07) is 10.9. The topological polar surface area (TPSA) is 12.0 Å². The zero-order valence-corrected chi connectivity index (χ0v) is 11.9. The Morgan fingerprint density at radius 1 is 1.10 bits per heavy atom. The van der Waals surface area contributed by atoms with Gasteiger partial charge in [0, 0.05) is 17.5 Å². The molecule has 106 valence electrons. The van der Waals surface area contributed by atoms with Crippen LogP contribution < -0.4 is 5.32 Å². The number of halogens is 3. The number of nitrogens with one attached hydrogen (secondary N) is 1. The lowest BCUT2D eigenvalue weighted by atomic mass is 9.92. The summed E-state index contributed by atoms with van der Waals surface area (Å²) >= 11 is 6.06. The Hall–Kier alpha value is -1.45. The Kier molecular flexibility index (Phi) is 5.10. The SMILES string of the molecule is CNCC(Cc1ccc(F)cc1Cl)c1cccc(F)c1. The third-order valence-electron chi connectivity index (χ3n) is 3.25. The zero-order valence-electron chi connectivity index (χ0n) is 11.2. The summed E-state index contributed by atoms with van der Waals surface area (Å²) in [5.74, 6) is -0.526. The van der Waals surface area contributed by atoms with E-state index in [-0.39, 0.29) is 17.6 Å². The van der Waals surface area contributed by atoms with Crippen molar-refractivity contribution in [2.24, 2.45) is 0 Å². The third-order valence-corrected chi connectivity index (χ3v) is 3.60. The molecule has 0 aliphatic carbocycles. The molecule has 0 amide bonds. The van der Waals surface area contributed by atoms with Crippen LogP contribution in [0.4, 0.5) is 8.78 Å². The number of hydrogen-bond donors (Lipinski definition) is 1. The molecule has 0 bridgehead atoms. The first kappa shape index (κ1) is 14.9. The van der Waals surface area contributed by atoms with Gasteiger partial charge >= 0.3 is 0 Å². The van der Waals surface area contributed by atoms with Crippen molar-refractivity contribution in [2.45, 2.75) is 12.3 Å². The number of rotatable bonds is 5. The van der Waals surface area contributed by atoms with Gasteiger partial charge in [-0.15, -0.1) is 0 Å². The van der Waals surface area contributed by atoms with Gasteiger partial charge in [0.05, 0.1) is 0 Å². The first-order chi connectivity index (χ1) is 9.60. The second-order valence-electron chi connectivity index (χ2n) is 4.75.